The number of rotatable bonds is 5. The molecule has 0 aromatic carbocycles. The fourth-order valence-electron chi connectivity index (χ4n) is 1.69. The van der Waals surface area contributed by atoms with Crippen molar-refractivity contribution >= 4 is 11.6 Å². The minimum absolute atomic E-state index is 0.0995. The number of aliphatic hydroxyl groups is 1. The van der Waals surface area contributed by atoms with E-state index in [1.807, 2.05) is 6.92 Å². The average molecular weight is 238 g/mol. The molecule has 1 saturated carbocycles. The quantitative estimate of drug-likeness (QED) is 0.672. The van der Waals surface area contributed by atoms with Crippen molar-refractivity contribution in [3.05, 3.63) is 11.9 Å². The number of aryl methyl sites for hydroxylation is 1. The van der Waals surface area contributed by atoms with Crippen LogP contribution in [-0.4, -0.2) is 33.9 Å². The first-order valence-corrected chi connectivity index (χ1v) is 5.82. The van der Waals surface area contributed by atoms with Gasteiger partial charge in [0, 0.05) is 24.7 Å². The number of aromatic nitrogens is 2. The number of carbonyl (C=O) groups is 1. The van der Waals surface area contributed by atoms with Gasteiger partial charge >= 0.3 is 0 Å². The van der Waals surface area contributed by atoms with Gasteiger partial charge in [-0.3, -0.25) is 9.48 Å². The minimum atomic E-state index is -0.269. The zero-order valence-electron chi connectivity index (χ0n) is 9.94. The first-order valence-electron chi connectivity index (χ1n) is 5.82. The Hall–Kier alpha value is -1.56. The van der Waals surface area contributed by atoms with E-state index in [1.165, 1.54) is 0 Å². The smallest absolute Gasteiger partial charge is 0.273 e. The van der Waals surface area contributed by atoms with Crippen LogP contribution in [0.2, 0.25) is 0 Å². The molecule has 17 heavy (non-hydrogen) atoms. The summed E-state index contributed by atoms with van der Waals surface area (Å²) in [5, 5.41) is 16.0. The van der Waals surface area contributed by atoms with E-state index in [0.29, 0.717) is 18.8 Å². The highest BCUT2D eigenvalue weighted by Gasteiger charge is 2.42. The number of carbonyl (C=O) groups excluding carboxylic acids is 1. The number of hydrogen-bond donors (Lipinski definition) is 3. The Balaban J connectivity index is 1.97. The van der Waals surface area contributed by atoms with Gasteiger partial charge in [0.2, 0.25) is 0 Å². The second-order valence-electron chi connectivity index (χ2n) is 4.63. The van der Waals surface area contributed by atoms with Crippen LogP contribution in [0.4, 0.5) is 5.69 Å². The summed E-state index contributed by atoms with van der Waals surface area (Å²) in [6, 6.07) is 0. The molecular formula is C11H18N4O2. The molecule has 4 N–H and O–H groups in total. The molecule has 6 heteroatoms. The lowest BCUT2D eigenvalue weighted by Crippen LogP contribution is -2.32. The van der Waals surface area contributed by atoms with Crippen molar-refractivity contribution in [2.45, 2.75) is 26.3 Å². The fraction of sp³-hybridized carbons (Fsp3) is 0.636. The summed E-state index contributed by atoms with van der Waals surface area (Å²) in [5.41, 5.74) is 6.26. The lowest BCUT2D eigenvalue weighted by Gasteiger charge is -2.11. The van der Waals surface area contributed by atoms with E-state index in [4.69, 9.17) is 10.8 Å². The third kappa shape index (κ3) is 2.41. The summed E-state index contributed by atoms with van der Waals surface area (Å²) in [4.78, 5) is 11.8. The van der Waals surface area contributed by atoms with Gasteiger partial charge in [0.1, 0.15) is 0 Å². The maximum atomic E-state index is 11.8. The molecule has 1 amide bonds. The largest absolute Gasteiger partial charge is 0.396 e. The van der Waals surface area contributed by atoms with Crippen molar-refractivity contribution in [1.82, 2.24) is 15.1 Å². The normalized spacial score (nSPS) is 16.8. The van der Waals surface area contributed by atoms with Crippen LogP contribution in [0.15, 0.2) is 6.20 Å². The number of nitrogens with one attached hydrogen (secondary N) is 1. The Labute approximate surface area is 99.8 Å². The third-order valence-corrected chi connectivity index (χ3v) is 3.25. The third-order valence-electron chi connectivity index (χ3n) is 3.25. The molecule has 6 nitrogen and oxygen atoms in total. The topological polar surface area (TPSA) is 93.2 Å². The molecule has 0 unspecified atom stereocenters. The Morgan fingerprint density at radius 3 is 2.88 bits per heavy atom. The molecule has 94 valence electrons. The maximum absolute atomic E-state index is 11.8. The Kier molecular flexibility index (Phi) is 3.06. The van der Waals surface area contributed by atoms with Gasteiger partial charge in [-0.05, 0) is 19.8 Å². The van der Waals surface area contributed by atoms with Gasteiger partial charge in [-0.25, -0.2) is 0 Å². The molecule has 0 saturated heterocycles. The molecular weight excluding hydrogens is 220 g/mol. The number of amides is 1. The van der Waals surface area contributed by atoms with Crippen LogP contribution >= 0.6 is 0 Å². The maximum Gasteiger partial charge on any atom is 0.273 e. The zero-order valence-corrected chi connectivity index (χ0v) is 9.94. The number of anilines is 1. The first kappa shape index (κ1) is 11.9. The molecule has 0 spiro atoms. The summed E-state index contributed by atoms with van der Waals surface area (Å²) in [5.74, 6) is -0.269. The van der Waals surface area contributed by atoms with Crippen LogP contribution in [0.1, 0.15) is 30.3 Å². The van der Waals surface area contributed by atoms with Crippen molar-refractivity contribution in [1.29, 1.82) is 0 Å². The predicted octanol–water partition coefficient (Wildman–Crippen LogP) is -0.0125. The van der Waals surface area contributed by atoms with E-state index in [2.05, 4.69) is 10.4 Å². The van der Waals surface area contributed by atoms with E-state index in [1.54, 1.807) is 10.9 Å². The number of nitrogens with zero attached hydrogens (tertiary/aromatic N) is 2. The van der Waals surface area contributed by atoms with Crippen LogP contribution in [0, 0.1) is 5.41 Å². The van der Waals surface area contributed by atoms with Gasteiger partial charge in [-0.15, -0.1) is 0 Å². The SMILES string of the molecule is CCn1cc(N)c(C(=O)NCC2(CO)CC2)n1. The molecule has 0 aliphatic heterocycles. The van der Waals surface area contributed by atoms with E-state index in [-0.39, 0.29) is 23.6 Å². The van der Waals surface area contributed by atoms with Gasteiger partial charge in [0.15, 0.2) is 5.69 Å². The molecule has 0 radical (unpaired) electrons. The lowest BCUT2D eigenvalue weighted by molar-refractivity contribution is 0.0930. The molecule has 1 aliphatic rings. The monoisotopic (exact) mass is 238 g/mol. The Morgan fingerprint density at radius 1 is 1.71 bits per heavy atom. The van der Waals surface area contributed by atoms with Gasteiger partial charge in [-0.2, -0.15) is 5.10 Å². The van der Waals surface area contributed by atoms with Crippen LogP contribution in [0.25, 0.3) is 0 Å². The summed E-state index contributed by atoms with van der Waals surface area (Å²) in [7, 11) is 0. The second kappa shape index (κ2) is 4.37. The lowest BCUT2D eigenvalue weighted by atomic mass is 10.1. The zero-order chi connectivity index (χ0) is 12.5. The van der Waals surface area contributed by atoms with E-state index >= 15 is 0 Å². The van der Waals surface area contributed by atoms with Crippen LogP contribution < -0.4 is 11.1 Å². The van der Waals surface area contributed by atoms with Gasteiger partial charge in [0.25, 0.3) is 5.91 Å². The van der Waals surface area contributed by atoms with Gasteiger partial charge < -0.3 is 16.2 Å². The number of nitrogen functional groups attached to an aromatic ring is 1. The molecule has 0 bridgehead atoms. The molecule has 2 rings (SSSR count). The van der Waals surface area contributed by atoms with Crippen molar-refractivity contribution in [3.63, 3.8) is 0 Å². The van der Waals surface area contributed by atoms with Crippen LogP contribution in [-0.2, 0) is 6.54 Å². The van der Waals surface area contributed by atoms with Crippen molar-refractivity contribution in [3.8, 4) is 0 Å². The van der Waals surface area contributed by atoms with Crippen molar-refractivity contribution in [2.75, 3.05) is 18.9 Å². The summed E-state index contributed by atoms with van der Waals surface area (Å²) in [6.07, 6.45) is 3.57. The Morgan fingerprint density at radius 2 is 2.41 bits per heavy atom. The van der Waals surface area contributed by atoms with Crippen LogP contribution in [0.5, 0.6) is 0 Å². The Bertz CT molecular complexity index is 423. The second-order valence-corrected chi connectivity index (χ2v) is 4.63. The molecule has 1 aliphatic carbocycles. The number of nitrogens with two attached hydrogens (primary N) is 1. The molecule has 0 atom stereocenters. The van der Waals surface area contributed by atoms with E-state index < -0.39 is 0 Å². The number of aliphatic hydroxyl groups excluding tert-OH is 1. The highest BCUT2D eigenvalue weighted by molar-refractivity contribution is 5.97. The summed E-state index contributed by atoms with van der Waals surface area (Å²) >= 11 is 0. The standard InChI is InChI=1S/C11H18N4O2/c1-2-15-5-8(12)9(14-15)10(17)13-6-11(7-16)3-4-11/h5,16H,2-4,6-7,12H2,1H3,(H,13,17). The molecule has 1 aromatic rings. The summed E-state index contributed by atoms with van der Waals surface area (Å²) < 4.78 is 1.63. The van der Waals surface area contributed by atoms with Gasteiger partial charge in [-0.1, -0.05) is 0 Å². The minimum Gasteiger partial charge on any atom is -0.396 e. The molecule has 1 fully saturated rings. The number of hydrogen-bond acceptors (Lipinski definition) is 4. The van der Waals surface area contributed by atoms with Gasteiger partial charge in [0.05, 0.1) is 12.3 Å². The van der Waals surface area contributed by atoms with E-state index in [0.717, 1.165) is 12.8 Å². The molecule has 1 aromatic heterocycles. The highest BCUT2D eigenvalue weighted by Crippen LogP contribution is 2.44. The first-order chi connectivity index (χ1) is 8.10. The van der Waals surface area contributed by atoms with Crippen molar-refractivity contribution < 1.29 is 9.90 Å². The summed E-state index contributed by atoms with van der Waals surface area (Å²) in [6.45, 7) is 3.21. The van der Waals surface area contributed by atoms with E-state index in [9.17, 15) is 4.79 Å². The van der Waals surface area contributed by atoms with Crippen molar-refractivity contribution in [2.24, 2.45) is 5.41 Å². The predicted molar refractivity (Wildman–Crippen MR) is 63.4 cm³/mol. The fourth-order valence-corrected chi connectivity index (χ4v) is 1.69. The molecule has 1 heterocycles. The van der Waals surface area contributed by atoms with Crippen LogP contribution in [0.3, 0.4) is 0 Å². The highest BCUT2D eigenvalue weighted by atomic mass is 16.3. The average Bonchev–Trinajstić information content (AvgIpc) is 3.03.